The lowest BCUT2D eigenvalue weighted by molar-refractivity contribution is -0.151. The number of carbonyl (C=O) groups is 1. The predicted octanol–water partition coefficient (Wildman–Crippen LogP) is 3.36. The van der Waals surface area contributed by atoms with Crippen LogP contribution in [-0.2, 0) is 22.6 Å². The first-order valence-electron chi connectivity index (χ1n) is 10.2. The fraction of sp³-hybridized carbons (Fsp3) is 0.375. The van der Waals surface area contributed by atoms with Crippen LogP contribution in [0.3, 0.4) is 0 Å². The summed E-state index contributed by atoms with van der Waals surface area (Å²) in [6, 6.07) is 11.9. The number of benzene rings is 1. The normalized spacial score (nSPS) is 16.4. The third-order valence-electron chi connectivity index (χ3n) is 5.96. The molecule has 6 heteroatoms. The van der Waals surface area contributed by atoms with Gasteiger partial charge in [-0.2, -0.15) is 5.26 Å². The summed E-state index contributed by atoms with van der Waals surface area (Å²) in [4.78, 5) is 18.0. The largest absolute Gasteiger partial charge is 0.489 e. The van der Waals surface area contributed by atoms with Crippen LogP contribution >= 0.6 is 0 Å². The lowest BCUT2D eigenvalue weighted by Crippen LogP contribution is -2.51. The summed E-state index contributed by atoms with van der Waals surface area (Å²) in [7, 11) is 1.45. The Morgan fingerprint density at radius 3 is 2.80 bits per heavy atom. The van der Waals surface area contributed by atoms with Crippen LogP contribution in [0, 0.1) is 17.2 Å². The second kappa shape index (κ2) is 8.68. The number of ether oxygens (including phenoxy) is 2. The number of likely N-dealkylation sites (tertiary alicyclic amines) is 1. The van der Waals surface area contributed by atoms with Gasteiger partial charge >= 0.3 is 5.97 Å². The monoisotopic (exact) mass is 403 g/mol. The first kappa shape index (κ1) is 20.1. The number of esters is 1. The molecule has 0 radical (unpaired) electrons. The topological polar surface area (TPSA) is 75.4 Å². The highest BCUT2D eigenvalue weighted by Gasteiger charge is 2.34. The van der Waals surface area contributed by atoms with E-state index in [1.807, 2.05) is 18.2 Å². The molecule has 6 nitrogen and oxygen atoms in total. The summed E-state index contributed by atoms with van der Waals surface area (Å²) in [6.07, 6.45) is 3.70. The Hall–Kier alpha value is -3.17. The summed E-state index contributed by atoms with van der Waals surface area (Å²) in [6.45, 7) is 5.10. The molecule has 0 bridgehead atoms. The molecule has 0 amide bonds. The van der Waals surface area contributed by atoms with E-state index in [0.29, 0.717) is 12.3 Å². The third kappa shape index (κ3) is 4.22. The SMILES string of the molecule is COC(=O)C1CN(CC2=C(C)c3ccc(OCc4ccc(C#N)nc4)cc3CC2)C1. The van der Waals surface area contributed by atoms with Crippen molar-refractivity contribution in [2.45, 2.75) is 26.4 Å². The van der Waals surface area contributed by atoms with E-state index in [2.05, 4.69) is 28.9 Å². The molecule has 1 aliphatic carbocycles. The molecule has 4 rings (SSSR count). The first-order valence-corrected chi connectivity index (χ1v) is 10.2. The first-order chi connectivity index (χ1) is 14.6. The van der Waals surface area contributed by atoms with Gasteiger partial charge < -0.3 is 9.47 Å². The average Bonchev–Trinajstić information content (AvgIpc) is 2.75. The minimum atomic E-state index is -0.102. The summed E-state index contributed by atoms with van der Waals surface area (Å²) < 4.78 is 10.8. The minimum Gasteiger partial charge on any atom is -0.489 e. The van der Waals surface area contributed by atoms with Gasteiger partial charge in [0.15, 0.2) is 0 Å². The lowest BCUT2D eigenvalue weighted by Gasteiger charge is -2.39. The van der Waals surface area contributed by atoms with Gasteiger partial charge in [-0.05, 0) is 54.7 Å². The van der Waals surface area contributed by atoms with Gasteiger partial charge in [0.2, 0.25) is 0 Å². The standard InChI is InChI=1S/C24H25N3O3/c1-16-19(12-27-13-20(14-27)24(28)29-2)5-4-18-9-22(7-8-23(16)18)30-15-17-3-6-21(10-25)26-11-17/h3,6-9,11,20H,4-5,12-15H2,1-2H3. The molecule has 30 heavy (non-hydrogen) atoms. The Morgan fingerprint density at radius 2 is 2.10 bits per heavy atom. The van der Waals surface area contributed by atoms with E-state index < -0.39 is 0 Å². The van der Waals surface area contributed by atoms with Gasteiger partial charge in [0.25, 0.3) is 0 Å². The second-order valence-electron chi connectivity index (χ2n) is 7.91. The number of aromatic nitrogens is 1. The number of allylic oxidation sites excluding steroid dienone is 1. The number of hydrogen-bond donors (Lipinski definition) is 0. The van der Waals surface area contributed by atoms with Crippen molar-refractivity contribution < 1.29 is 14.3 Å². The maximum absolute atomic E-state index is 11.6. The van der Waals surface area contributed by atoms with Crippen molar-refractivity contribution in [1.82, 2.24) is 9.88 Å². The zero-order valence-electron chi connectivity index (χ0n) is 17.4. The highest BCUT2D eigenvalue weighted by molar-refractivity contribution is 5.74. The van der Waals surface area contributed by atoms with E-state index in [9.17, 15) is 4.79 Å². The zero-order chi connectivity index (χ0) is 21.1. The molecule has 154 valence electrons. The average molecular weight is 403 g/mol. The molecule has 1 aliphatic heterocycles. The molecule has 0 atom stereocenters. The molecule has 0 saturated carbocycles. The minimum absolute atomic E-state index is 0.0257. The number of methoxy groups -OCH3 is 1. The van der Waals surface area contributed by atoms with Gasteiger partial charge in [-0.15, -0.1) is 0 Å². The Labute approximate surface area is 176 Å². The number of carbonyl (C=O) groups excluding carboxylic acids is 1. The van der Waals surface area contributed by atoms with Gasteiger partial charge in [-0.1, -0.05) is 17.7 Å². The molecule has 1 aromatic carbocycles. The van der Waals surface area contributed by atoms with E-state index >= 15 is 0 Å². The highest BCUT2D eigenvalue weighted by Crippen LogP contribution is 2.34. The lowest BCUT2D eigenvalue weighted by atomic mass is 9.85. The maximum Gasteiger partial charge on any atom is 0.311 e. The number of nitriles is 1. The van der Waals surface area contributed by atoms with Crippen molar-refractivity contribution in [2.75, 3.05) is 26.7 Å². The van der Waals surface area contributed by atoms with Crippen LogP contribution < -0.4 is 4.74 Å². The van der Waals surface area contributed by atoms with Gasteiger partial charge in [-0.3, -0.25) is 9.69 Å². The molecule has 1 saturated heterocycles. The van der Waals surface area contributed by atoms with Crippen molar-refractivity contribution in [2.24, 2.45) is 5.92 Å². The number of fused-ring (bicyclic) bond motifs is 1. The van der Waals surface area contributed by atoms with Crippen LogP contribution in [0.25, 0.3) is 5.57 Å². The molecular formula is C24H25N3O3. The molecule has 1 fully saturated rings. The Balaban J connectivity index is 1.38. The van der Waals surface area contributed by atoms with Crippen molar-refractivity contribution in [3.63, 3.8) is 0 Å². The van der Waals surface area contributed by atoms with Crippen molar-refractivity contribution in [3.05, 3.63) is 64.5 Å². The maximum atomic E-state index is 11.6. The second-order valence-corrected chi connectivity index (χ2v) is 7.91. The summed E-state index contributed by atoms with van der Waals surface area (Å²) >= 11 is 0. The molecular weight excluding hydrogens is 378 g/mol. The zero-order valence-corrected chi connectivity index (χ0v) is 17.4. The van der Waals surface area contributed by atoms with E-state index in [0.717, 1.165) is 43.8 Å². The number of pyridine rings is 1. The summed E-state index contributed by atoms with van der Waals surface area (Å²) in [5, 5.41) is 8.83. The van der Waals surface area contributed by atoms with E-state index in [1.54, 1.807) is 12.3 Å². The van der Waals surface area contributed by atoms with Crippen molar-refractivity contribution >= 4 is 11.5 Å². The number of hydrogen-bond acceptors (Lipinski definition) is 6. The van der Waals surface area contributed by atoms with Gasteiger partial charge in [0.05, 0.1) is 13.0 Å². The summed E-state index contributed by atoms with van der Waals surface area (Å²) in [5.74, 6) is 0.770. The van der Waals surface area contributed by atoms with Crippen LogP contribution in [0.4, 0.5) is 0 Å². The van der Waals surface area contributed by atoms with Crippen LogP contribution in [0.15, 0.2) is 42.1 Å². The molecule has 2 aromatic rings. The van der Waals surface area contributed by atoms with Gasteiger partial charge in [0, 0.05) is 31.4 Å². The summed E-state index contributed by atoms with van der Waals surface area (Å²) in [5.41, 5.74) is 6.72. The van der Waals surface area contributed by atoms with Crippen LogP contribution in [0.2, 0.25) is 0 Å². The van der Waals surface area contributed by atoms with Crippen LogP contribution in [-0.4, -0.2) is 42.6 Å². The Kier molecular flexibility index (Phi) is 5.82. The van der Waals surface area contributed by atoms with Crippen LogP contribution in [0.5, 0.6) is 5.75 Å². The molecule has 0 N–H and O–H groups in total. The number of rotatable bonds is 6. The van der Waals surface area contributed by atoms with E-state index in [4.69, 9.17) is 14.7 Å². The molecule has 2 aliphatic rings. The molecule has 1 aromatic heterocycles. The number of nitrogens with zero attached hydrogens (tertiary/aromatic N) is 3. The van der Waals surface area contributed by atoms with Gasteiger partial charge in [-0.25, -0.2) is 4.98 Å². The third-order valence-corrected chi connectivity index (χ3v) is 5.96. The predicted molar refractivity (Wildman–Crippen MR) is 113 cm³/mol. The van der Waals surface area contributed by atoms with Gasteiger partial charge in [0.1, 0.15) is 24.1 Å². The highest BCUT2D eigenvalue weighted by atomic mass is 16.5. The van der Waals surface area contributed by atoms with E-state index in [-0.39, 0.29) is 11.9 Å². The fourth-order valence-electron chi connectivity index (χ4n) is 4.12. The van der Waals surface area contributed by atoms with Crippen molar-refractivity contribution in [3.8, 4) is 11.8 Å². The van der Waals surface area contributed by atoms with Crippen LogP contribution in [0.1, 0.15) is 35.7 Å². The van der Waals surface area contributed by atoms with Crippen molar-refractivity contribution in [1.29, 1.82) is 5.26 Å². The Bertz CT molecular complexity index is 1010. The quantitative estimate of drug-likeness (QED) is 0.689. The molecule has 0 unspecified atom stereocenters. The molecule has 0 spiro atoms. The fourth-order valence-corrected chi connectivity index (χ4v) is 4.12. The van der Waals surface area contributed by atoms with E-state index in [1.165, 1.54) is 29.4 Å². The molecule has 2 heterocycles. The smallest absolute Gasteiger partial charge is 0.311 e. The number of aryl methyl sites for hydroxylation is 1. The Morgan fingerprint density at radius 1 is 1.27 bits per heavy atom.